The zero-order valence-corrected chi connectivity index (χ0v) is 28.3. The Balaban J connectivity index is 1.13. The highest BCUT2D eigenvalue weighted by Gasteiger charge is 2.20. The summed E-state index contributed by atoms with van der Waals surface area (Å²) >= 11 is 0. The molecule has 0 saturated carbocycles. The molecule has 0 fully saturated rings. The van der Waals surface area contributed by atoms with E-state index in [4.69, 9.17) is 14.0 Å². The van der Waals surface area contributed by atoms with Gasteiger partial charge in [-0.05, 0) is 100 Å². The van der Waals surface area contributed by atoms with Crippen LogP contribution in [0.25, 0.3) is 110 Å². The Morgan fingerprint density at radius 3 is 1.77 bits per heavy atom. The molecule has 0 aliphatic carbocycles. The number of para-hydroxylation sites is 1. The van der Waals surface area contributed by atoms with Crippen molar-refractivity contribution in [2.75, 3.05) is 0 Å². The van der Waals surface area contributed by atoms with E-state index in [0.717, 1.165) is 60.1 Å². The maximum Gasteiger partial charge on any atom is 0.143 e. The van der Waals surface area contributed by atoms with Crippen LogP contribution in [-0.2, 0) is 0 Å². The lowest BCUT2D eigenvalue weighted by atomic mass is 9.83. The number of rotatable bonds is 4. The van der Waals surface area contributed by atoms with Gasteiger partial charge >= 0.3 is 0 Å². The van der Waals surface area contributed by atoms with Crippen molar-refractivity contribution in [2.24, 2.45) is 0 Å². The first kappa shape index (κ1) is 23.5. The summed E-state index contributed by atoms with van der Waals surface area (Å²) in [4.78, 5) is 0. The van der Waals surface area contributed by atoms with E-state index >= 15 is 0 Å². The zero-order chi connectivity index (χ0) is 41.0. The van der Waals surface area contributed by atoms with Gasteiger partial charge in [-0.2, -0.15) is 0 Å². The minimum absolute atomic E-state index is 0.0284. The zero-order valence-electron chi connectivity index (χ0n) is 35.3. The molecular weight excluding hydrogens is 641 g/mol. The molecule has 0 unspecified atom stereocenters. The van der Waals surface area contributed by atoms with Crippen LogP contribution in [0.2, 0.25) is 0 Å². The van der Waals surface area contributed by atoms with Gasteiger partial charge in [0.05, 0.1) is 9.60 Å². The summed E-state index contributed by atoms with van der Waals surface area (Å²) in [6, 6.07) is 49.7. The van der Waals surface area contributed by atoms with Crippen LogP contribution in [-0.4, -0.2) is 0 Å². The molecule has 0 N–H and O–H groups in total. The third-order valence-corrected chi connectivity index (χ3v) is 10.6. The standard InChI is InChI=1S/C52H32O/c1-2-15-35-31-37(28-27-33(35)13-1)50-43-20-7-9-22-45(43)51(46-23-10-8-21-44(46)50)42-19-6-5-18-39(42)36-29-30-41-48-26-12-25-47(52(48)53-49(41)32-36)40-24-11-16-34-14-3-4-17-38(34)40/h1-32H/i3D,4D,11D,14D,16D,17D,24D. The predicted octanol–water partition coefficient (Wildman–Crippen LogP) is 14.9. The van der Waals surface area contributed by atoms with Crippen molar-refractivity contribution in [1.29, 1.82) is 0 Å². The van der Waals surface area contributed by atoms with Crippen LogP contribution in [0.15, 0.2) is 198 Å². The maximum atomic E-state index is 9.02. The highest BCUT2D eigenvalue weighted by atomic mass is 16.3. The molecule has 1 heterocycles. The van der Waals surface area contributed by atoms with Gasteiger partial charge in [0.25, 0.3) is 0 Å². The van der Waals surface area contributed by atoms with Crippen molar-refractivity contribution in [2.45, 2.75) is 0 Å². The van der Waals surface area contributed by atoms with Crippen LogP contribution in [0.4, 0.5) is 0 Å². The molecule has 0 aliphatic heterocycles. The molecule has 1 nitrogen and oxygen atoms in total. The van der Waals surface area contributed by atoms with Gasteiger partial charge in [0.15, 0.2) is 0 Å². The molecule has 11 aromatic rings. The Kier molecular flexibility index (Phi) is 5.23. The normalized spacial score (nSPS) is 13.6. The van der Waals surface area contributed by atoms with Crippen LogP contribution in [0.3, 0.4) is 0 Å². The van der Waals surface area contributed by atoms with Crippen molar-refractivity contribution < 1.29 is 14.0 Å². The Morgan fingerprint density at radius 1 is 0.340 bits per heavy atom. The summed E-state index contributed by atoms with van der Waals surface area (Å²) < 4.78 is 67.2. The second kappa shape index (κ2) is 11.8. The molecule has 0 radical (unpaired) electrons. The molecule has 0 aliphatic rings. The van der Waals surface area contributed by atoms with Crippen LogP contribution in [0.1, 0.15) is 9.60 Å². The van der Waals surface area contributed by atoms with Gasteiger partial charge in [-0.3, -0.25) is 0 Å². The molecule has 11 rings (SSSR count). The third kappa shape index (κ3) is 4.64. The van der Waals surface area contributed by atoms with Gasteiger partial charge in [0.2, 0.25) is 0 Å². The van der Waals surface area contributed by atoms with Gasteiger partial charge in [-0.15, -0.1) is 0 Å². The second-order valence-electron chi connectivity index (χ2n) is 13.4. The predicted molar refractivity (Wildman–Crippen MR) is 225 cm³/mol. The lowest BCUT2D eigenvalue weighted by Gasteiger charge is -2.20. The SMILES string of the molecule is [2H]c1c([2H])c([2H])c2c(-c3cccc4c3oc3cc(-c5ccccc5-c5c6ccccc6c(-c6ccc7ccccc7c6)c6ccccc56)ccc34)c([2H])c([2H])c([2H])c2c1[2H]. The fourth-order valence-electron chi connectivity index (χ4n) is 8.20. The highest BCUT2D eigenvalue weighted by molar-refractivity contribution is 6.23. The Bertz CT molecular complexity index is 3580. The molecule has 246 valence electrons. The van der Waals surface area contributed by atoms with E-state index in [-0.39, 0.29) is 28.4 Å². The topological polar surface area (TPSA) is 13.1 Å². The van der Waals surface area contributed by atoms with E-state index in [1.807, 2.05) is 30.3 Å². The van der Waals surface area contributed by atoms with E-state index in [1.165, 1.54) is 16.3 Å². The van der Waals surface area contributed by atoms with Crippen molar-refractivity contribution >= 4 is 65.0 Å². The van der Waals surface area contributed by atoms with Gasteiger partial charge in [-0.25, -0.2) is 0 Å². The summed E-state index contributed by atoms with van der Waals surface area (Å²) in [6.07, 6.45) is 0. The minimum Gasteiger partial charge on any atom is -0.455 e. The first-order chi connectivity index (χ1) is 29.2. The lowest BCUT2D eigenvalue weighted by molar-refractivity contribution is 0.670. The first-order valence-electron chi connectivity index (χ1n) is 21.2. The van der Waals surface area contributed by atoms with E-state index < -0.39 is 30.2 Å². The Morgan fingerprint density at radius 2 is 0.962 bits per heavy atom. The van der Waals surface area contributed by atoms with Crippen molar-refractivity contribution in [3.05, 3.63) is 194 Å². The van der Waals surface area contributed by atoms with Crippen LogP contribution in [0.5, 0.6) is 0 Å². The largest absolute Gasteiger partial charge is 0.455 e. The summed E-state index contributed by atoms with van der Waals surface area (Å²) in [5.74, 6) is 0. The van der Waals surface area contributed by atoms with Crippen LogP contribution < -0.4 is 0 Å². The maximum absolute atomic E-state index is 9.02. The van der Waals surface area contributed by atoms with Crippen molar-refractivity contribution in [3.8, 4) is 44.5 Å². The summed E-state index contributed by atoms with van der Waals surface area (Å²) in [5, 5.41) is 8.55. The quantitative estimate of drug-likeness (QED) is 0.169. The van der Waals surface area contributed by atoms with Crippen molar-refractivity contribution in [1.82, 2.24) is 0 Å². The van der Waals surface area contributed by atoms with E-state index in [2.05, 4.69) is 115 Å². The molecule has 1 heteroatoms. The second-order valence-corrected chi connectivity index (χ2v) is 13.4. The lowest BCUT2D eigenvalue weighted by Crippen LogP contribution is -1.92. The average molecular weight is 680 g/mol. The Labute approximate surface area is 316 Å². The summed E-state index contributed by atoms with van der Waals surface area (Å²) in [5.41, 5.74) is 8.12. The van der Waals surface area contributed by atoms with E-state index in [0.29, 0.717) is 16.7 Å². The van der Waals surface area contributed by atoms with Gasteiger partial charge in [0.1, 0.15) is 11.2 Å². The number of hydrogen-bond donors (Lipinski definition) is 0. The smallest absolute Gasteiger partial charge is 0.143 e. The molecule has 0 bridgehead atoms. The van der Waals surface area contributed by atoms with Crippen molar-refractivity contribution in [3.63, 3.8) is 0 Å². The minimum atomic E-state index is -0.485. The molecule has 53 heavy (non-hydrogen) atoms. The Hall–Kier alpha value is -6.96. The van der Waals surface area contributed by atoms with Crippen LogP contribution in [0, 0.1) is 0 Å². The van der Waals surface area contributed by atoms with E-state index in [9.17, 15) is 0 Å². The molecule has 0 spiro atoms. The fourth-order valence-corrected chi connectivity index (χ4v) is 8.20. The average Bonchev–Trinajstić information content (AvgIpc) is 3.67. The molecule has 0 atom stereocenters. The fraction of sp³-hybridized carbons (Fsp3) is 0. The number of benzene rings is 10. The highest BCUT2D eigenvalue weighted by Crippen LogP contribution is 2.47. The number of hydrogen-bond acceptors (Lipinski definition) is 1. The first-order valence-corrected chi connectivity index (χ1v) is 17.7. The third-order valence-electron chi connectivity index (χ3n) is 10.6. The molecular formula is C52H32O. The summed E-state index contributed by atoms with van der Waals surface area (Å²) in [6.45, 7) is 0. The monoisotopic (exact) mass is 679 g/mol. The van der Waals surface area contributed by atoms with Gasteiger partial charge in [0, 0.05) is 16.3 Å². The summed E-state index contributed by atoms with van der Waals surface area (Å²) in [7, 11) is 0. The van der Waals surface area contributed by atoms with Gasteiger partial charge < -0.3 is 4.42 Å². The van der Waals surface area contributed by atoms with Gasteiger partial charge in [-0.1, -0.05) is 176 Å². The molecule has 0 amide bonds. The molecule has 1 aromatic heterocycles. The number of fused-ring (bicyclic) bond motifs is 7. The molecule has 0 saturated heterocycles. The molecule has 10 aromatic carbocycles. The van der Waals surface area contributed by atoms with Crippen LogP contribution >= 0.6 is 0 Å². The number of furan rings is 1. The van der Waals surface area contributed by atoms with E-state index in [1.54, 1.807) is 6.07 Å².